The van der Waals surface area contributed by atoms with Crippen LogP contribution in [0.4, 0.5) is 0 Å². The second-order valence-electron chi connectivity index (χ2n) is 5.33. The van der Waals surface area contributed by atoms with E-state index >= 15 is 0 Å². The molecule has 0 N–H and O–H groups in total. The van der Waals surface area contributed by atoms with Crippen molar-refractivity contribution < 1.29 is 14.3 Å². The van der Waals surface area contributed by atoms with Crippen LogP contribution < -0.4 is 11.2 Å². The van der Waals surface area contributed by atoms with Crippen LogP contribution in [0.1, 0.15) is 27.0 Å². The molecule has 0 saturated carbocycles. The summed E-state index contributed by atoms with van der Waals surface area (Å²) in [6.45, 7) is 1.63. The molecule has 25 heavy (non-hydrogen) atoms. The molecule has 0 saturated heterocycles. The topological polar surface area (TPSA) is 87.4 Å². The summed E-state index contributed by atoms with van der Waals surface area (Å²) in [5.41, 5.74) is -0.814. The number of hydrogen-bond donors (Lipinski definition) is 0. The molecule has 0 radical (unpaired) electrons. The number of aromatic nitrogens is 2. The summed E-state index contributed by atoms with van der Waals surface area (Å²) in [4.78, 5) is 48.8. The van der Waals surface area contributed by atoms with E-state index in [0.717, 1.165) is 21.9 Å². The molecule has 132 valence electrons. The Morgan fingerprint density at radius 2 is 1.96 bits per heavy atom. The number of ether oxygens (including phenoxy) is 1. The van der Waals surface area contributed by atoms with E-state index in [-0.39, 0.29) is 18.0 Å². The molecule has 0 bridgehead atoms. The SMILES string of the molecule is CCc1ccc(C(=O)COC(=O)/C=C/c2cn(C)c(=O)n(C)c2=O)s1. The van der Waals surface area contributed by atoms with Crippen LogP contribution >= 0.6 is 11.3 Å². The molecule has 2 aromatic rings. The fourth-order valence-corrected chi connectivity index (χ4v) is 2.95. The Bertz CT molecular complexity index is 949. The highest BCUT2D eigenvalue weighted by molar-refractivity contribution is 7.14. The average Bonchev–Trinajstić information content (AvgIpc) is 3.09. The Morgan fingerprint density at radius 1 is 1.24 bits per heavy atom. The smallest absolute Gasteiger partial charge is 0.331 e. The van der Waals surface area contributed by atoms with Gasteiger partial charge in [-0.15, -0.1) is 11.3 Å². The first-order chi connectivity index (χ1) is 11.8. The van der Waals surface area contributed by atoms with Gasteiger partial charge in [-0.05, 0) is 24.6 Å². The van der Waals surface area contributed by atoms with Crippen molar-refractivity contribution in [3.8, 4) is 0 Å². The number of aryl methyl sites for hydroxylation is 2. The third-order valence-corrected chi connectivity index (χ3v) is 4.77. The Balaban J connectivity index is 2.01. The molecular formula is C17H18N2O5S. The lowest BCUT2D eigenvalue weighted by Gasteiger charge is -2.03. The quantitative estimate of drug-likeness (QED) is 0.437. The van der Waals surface area contributed by atoms with Crippen LogP contribution in [0.3, 0.4) is 0 Å². The van der Waals surface area contributed by atoms with Crippen LogP contribution in [0.15, 0.2) is 34.0 Å². The number of hydrogen-bond acceptors (Lipinski definition) is 6. The molecule has 0 aromatic carbocycles. The molecule has 0 atom stereocenters. The maximum atomic E-state index is 12.0. The monoisotopic (exact) mass is 362 g/mol. The summed E-state index contributed by atoms with van der Waals surface area (Å²) in [7, 11) is 2.85. The Hall–Kier alpha value is -2.74. The molecule has 0 spiro atoms. The van der Waals surface area contributed by atoms with Crippen molar-refractivity contribution in [2.75, 3.05) is 6.61 Å². The molecule has 0 aliphatic carbocycles. The summed E-state index contributed by atoms with van der Waals surface area (Å²) in [5.74, 6) is -1.01. The first-order valence-electron chi connectivity index (χ1n) is 7.57. The zero-order valence-corrected chi connectivity index (χ0v) is 15.0. The lowest BCUT2D eigenvalue weighted by Crippen LogP contribution is -2.37. The van der Waals surface area contributed by atoms with Crippen LogP contribution in [-0.2, 0) is 30.0 Å². The van der Waals surface area contributed by atoms with Crippen molar-refractivity contribution in [1.29, 1.82) is 0 Å². The Kier molecular flexibility index (Phi) is 5.87. The number of carbonyl (C=O) groups excluding carboxylic acids is 2. The molecule has 0 unspecified atom stereocenters. The van der Waals surface area contributed by atoms with E-state index in [2.05, 4.69) is 0 Å². The summed E-state index contributed by atoms with van der Waals surface area (Å²) < 4.78 is 7.08. The number of thiophene rings is 1. The summed E-state index contributed by atoms with van der Waals surface area (Å²) in [6, 6.07) is 3.58. The molecule has 8 heteroatoms. The van der Waals surface area contributed by atoms with Crippen molar-refractivity contribution >= 4 is 29.2 Å². The van der Waals surface area contributed by atoms with Gasteiger partial charge >= 0.3 is 11.7 Å². The van der Waals surface area contributed by atoms with Crippen LogP contribution in [-0.4, -0.2) is 27.5 Å². The van der Waals surface area contributed by atoms with Gasteiger partial charge in [0.2, 0.25) is 5.78 Å². The third-order valence-electron chi connectivity index (χ3n) is 3.50. The van der Waals surface area contributed by atoms with E-state index in [1.54, 1.807) is 6.07 Å². The highest BCUT2D eigenvalue weighted by Crippen LogP contribution is 2.17. The first-order valence-corrected chi connectivity index (χ1v) is 8.38. The van der Waals surface area contributed by atoms with E-state index in [4.69, 9.17) is 4.74 Å². The van der Waals surface area contributed by atoms with E-state index in [9.17, 15) is 19.2 Å². The van der Waals surface area contributed by atoms with Crippen LogP contribution in [0.25, 0.3) is 6.08 Å². The van der Waals surface area contributed by atoms with Gasteiger partial charge in [0.25, 0.3) is 5.56 Å². The Labute approximate surface area is 147 Å². The fourth-order valence-electron chi connectivity index (χ4n) is 2.08. The third kappa shape index (κ3) is 4.42. The van der Waals surface area contributed by atoms with Gasteiger partial charge in [-0.25, -0.2) is 9.59 Å². The number of nitrogens with zero attached hydrogens (tertiary/aromatic N) is 2. The maximum absolute atomic E-state index is 12.0. The van der Waals surface area contributed by atoms with Crippen molar-refractivity contribution in [2.45, 2.75) is 13.3 Å². The first kappa shape index (κ1) is 18.6. The van der Waals surface area contributed by atoms with Gasteiger partial charge in [0.15, 0.2) is 6.61 Å². The predicted molar refractivity (Wildman–Crippen MR) is 94.9 cm³/mol. The molecule has 2 heterocycles. The molecule has 2 rings (SSSR count). The van der Waals surface area contributed by atoms with Crippen LogP contribution in [0, 0.1) is 0 Å². The lowest BCUT2D eigenvalue weighted by atomic mass is 10.3. The van der Waals surface area contributed by atoms with E-state index in [0.29, 0.717) is 4.88 Å². The highest BCUT2D eigenvalue weighted by Gasteiger charge is 2.11. The predicted octanol–water partition coefficient (Wildman–Crippen LogP) is 1.15. The highest BCUT2D eigenvalue weighted by atomic mass is 32.1. The molecule has 0 amide bonds. The second kappa shape index (κ2) is 7.89. The summed E-state index contributed by atoms with van der Waals surface area (Å²) >= 11 is 1.37. The van der Waals surface area contributed by atoms with Crippen LogP contribution in [0.2, 0.25) is 0 Å². The number of rotatable bonds is 6. The maximum Gasteiger partial charge on any atom is 0.331 e. The summed E-state index contributed by atoms with van der Waals surface area (Å²) in [5, 5.41) is 0. The Morgan fingerprint density at radius 3 is 2.60 bits per heavy atom. The number of carbonyl (C=O) groups is 2. The van der Waals surface area contributed by atoms with Gasteiger partial charge in [0.1, 0.15) is 0 Å². The van der Waals surface area contributed by atoms with E-state index in [1.807, 2.05) is 13.0 Å². The van der Waals surface area contributed by atoms with Gasteiger partial charge in [-0.3, -0.25) is 14.2 Å². The molecule has 0 aliphatic rings. The zero-order valence-electron chi connectivity index (χ0n) is 14.1. The minimum Gasteiger partial charge on any atom is -0.454 e. The van der Waals surface area contributed by atoms with Gasteiger partial charge in [0.05, 0.1) is 10.4 Å². The average molecular weight is 362 g/mol. The minimum absolute atomic E-state index is 0.165. The van der Waals surface area contributed by atoms with Crippen LogP contribution in [0.5, 0.6) is 0 Å². The standard InChI is InChI=1S/C17H18N2O5S/c1-4-12-6-7-14(25-12)13(20)10-24-15(21)8-5-11-9-18(2)17(23)19(3)16(11)22/h5-9H,4,10H2,1-3H3/b8-5+. The molecule has 2 aromatic heterocycles. The number of esters is 1. The zero-order chi connectivity index (χ0) is 18.6. The fraction of sp³-hybridized carbons (Fsp3) is 0.294. The number of ketones is 1. The van der Waals surface area contributed by atoms with Crippen molar-refractivity contribution in [3.63, 3.8) is 0 Å². The van der Waals surface area contributed by atoms with Crippen molar-refractivity contribution in [3.05, 3.63) is 60.6 Å². The largest absolute Gasteiger partial charge is 0.454 e. The molecule has 0 fully saturated rings. The van der Waals surface area contributed by atoms with Gasteiger partial charge in [0, 0.05) is 31.2 Å². The molecule has 0 aliphatic heterocycles. The molecule has 7 nitrogen and oxygen atoms in total. The van der Waals surface area contributed by atoms with Gasteiger partial charge in [-0.1, -0.05) is 6.92 Å². The summed E-state index contributed by atoms with van der Waals surface area (Å²) in [6.07, 6.45) is 4.49. The lowest BCUT2D eigenvalue weighted by molar-refractivity contribution is -0.136. The van der Waals surface area contributed by atoms with E-state index in [1.165, 1.54) is 42.3 Å². The van der Waals surface area contributed by atoms with Gasteiger partial charge in [-0.2, -0.15) is 0 Å². The number of Topliss-reactive ketones (excluding diaryl/α,β-unsaturated/α-hetero) is 1. The van der Waals surface area contributed by atoms with E-state index < -0.39 is 17.2 Å². The molecular weight excluding hydrogens is 344 g/mol. The van der Waals surface area contributed by atoms with Crippen molar-refractivity contribution in [1.82, 2.24) is 9.13 Å². The second-order valence-corrected chi connectivity index (χ2v) is 6.49. The minimum atomic E-state index is -0.739. The van der Waals surface area contributed by atoms with Gasteiger partial charge < -0.3 is 9.30 Å². The normalized spacial score (nSPS) is 11.0. The van der Waals surface area contributed by atoms with Crippen molar-refractivity contribution in [2.24, 2.45) is 14.1 Å².